The van der Waals surface area contributed by atoms with Crippen molar-refractivity contribution in [3.63, 3.8) is 0 Å². The third kappa shape index (κ3) is 5.09. The first-order valence-corrected chi connectivity index (χ1v) is 9.68. The molecule has 4 aromatic rings. The van der Waals surface area contributed by atoms with Crippen LogP contribution >= 0.6 is 0 Å². The number of rotatable bonds is 5. The van der Waals surface area contributed by atoms with E-state index in [4.69, 9.17) is 5.11 Å². The van der Waals surface area contributed by atoms with E-state index in [0.717, 1.165) is 17.7 Å². The Labute approximate surface area is 185 Å². The van der Waals surface area contributed by atoms with Gasteiger partial charge in [0.15, 0.2) is 0 Å². The first-order valence-electron chi connectivity index (χ1n) is 9.68. The largest absolute Gasteiger partial charge is 0.477 e. The molecule has 0 aliphatic heterocycles. The molecule has 0 saturated heterocycles. The van der Waals surface area contributed by atoms with Crippen molar-refractivity contribution in [2.75, 3.05) is 5.32 Å². The van der Waals surface area contributed by atoms with Crippen LogP contribution in [-0.4, -0.2) is 27.0 Å². The average Bonchev–Trinajstić information content (AvgIpc) is 3.21. The van der Waals surface area contributed by atoms with Crippen molar-refractivity contribution >= 4 is 40.7 Å². The van der Waals surface area contributed by atoms with Gasteiger partial charge in [-0.3, -0.25) is 4.79 Å². The summed E-state index contributed by atoms with van der Waals surface area (Å²) < 4.78 is 38.6. The van der Waals surface area contributed by atoms with E-state index >= 15 is 0 Å². The smallest absolute Gasteiger partial charge is 0.416 e. The van der Waals surface area contributed by atoms with E-state index in [2.05, 4.69) is 15.3 Å². The highest BCUT2D eigenvalue weighted by atomic mass is 19.4. The summed E-state index contributed by atoms with van der Waals surface area (Å²) in [5.74, 6) is -1.62. The van der Waals surface area contributed by atoms with Gasteiger partial charge in [-0.1, -0.05) is 30.4 Å². The minimum atomic E-state index is -4.50. The zero-order chi connectivity index (χ0) is 23.6. The van der Waals surface area contributed by atoms with Crippen LogP contribution in [0, 0.1) is 0 Å². The van der Waals surface area contributed by atoms with Crippen LogP contribution in [0.25, 0.3) is 23.2 Å². The van der Waals surface area contributed by atoms with Crippen LogP contribution < -0.4 is 5.32 Å². The lowest BCUT2D eigenvalue weighted by Crippen LogP contribution is -2.13. The second-order valence-corrected chi connectivity index (χ2v) is 7.19. The number of nitrogens with zero attached hydrogens (tertiary/aromatic N) is 1. The Bertz CT molecular complexity index is 1390. The molecule has 0 saturated carbocycles. The van der Waals surface area contributed by atoms with Gasteiger partial charge in [0.05, 0.1) is 5.56 Å². The van der Waals surface area contributed by atoms with E-state index in [0.29, 0.717) is 16.6 Å². The number of hydrogen-bond acceptors (Lipinski definition) is 3. The molecular formula is C24H16F3N3O3. The maximum atomic E-state index is 12.9. The molecule has 6 nitrogen and oxygen atoms in total. The molecule has 0 fully saturated rings. The fraction of sp³-hybridized carbons (Fsp3) is 0.0417. The molecule has 166 valence electrons. The van der Waals surface area contributed by atoms with Gasteiger partial charge in [-0.15, -0.1) is 0 Å². The van der Waals surface area contributed by atoms with Crippen molar-refractivity contribution in [1.29, 1.82) is 0 Å². The van der Waals surface area contributed by atoms with Gasteiger partial charge in [0, 0.05) is 22.8 Å². The topological polar surface area (TPSA) is 95.1 Å². The second-order valence-electron chi connectivity index (χ2n) is 7.19. The highest BCUT2D eigenvalue weighted by Gasteiger charge is 2.30. The zero-order valence-electron chi connectivity index (χ0n) is 16.9. The molecule has 2 heterocycles. The van der Waals surface area contributed by atoms with E-state index in [9.17, 15) is 22.8 Å². The Morgan fingerprint density at radius 2 is 1.73 bits per heavy atom. The summed E-state index contributed by atoms with van der Waals surface area (Å²) in [6.45, 7) is 0. The van der Waals surface area contributed by atoms with Crippen LogP contribution in [0.4, 0.5) is 18.9 Å². The van der Waals surface area contributed by atoms with E-state index in [1.165, 1.54) is 18.2 Å². The van der Waals surface area contributed by atoms with E-state index in [1.54, 1.807) is 48.7 Å². The third-order valence-corrected chi connectivity index (χ3v) is 4.79. The number of fused-ring (bicyclic) bond motifs is 1. The number of carbonyl (C=O) groups is 2. The SMILES string of the molecule is O=C(Nc1cccc(C(F)(F)F)c1)c1cccc(C=Cc2cnc3[nH]c(C(=O)O)cc3c2)c1. The highest BCUT2D eigenvalue weighted by Crippen LogP contribution is 2.30. The zero-order valence-corrected chi connectivity index (χ0v) is 16.9. The third-order valence-electron chi connectivity index (χ3n) is 4.79. The van der Waals surface area contributed by atoms with Gasteiger partial charge < -0.3 is 15.4 Å². The molecule has 9 heteroatoms. The number of anilines is 1. The molecule has 4 rings (SSSR count). The number of alkyl halides is 3. The number of aromatic carboxylic acids is 1. The summed E-state index contributed by atoms with van der Waals surface area (Å²) in [5.41, 5.74) is 1.38. The van der Waals surface area contributed by atoms with Crippen LogP contribution in [0.1, 0.15) is 37.5 Å². The van der Waals surface area contributed by atoms with Crippen LogP contribution in [-0.2, 0) is 6.18 Å². The lowest BCUT2D eigenvalue weighted by Gasteiger charge is -2.10. The van der Waals surface area contributed by atoms with Gasteiger partial charge in [-0.05, 0) is 53.6 Å². The molecule has 0 bridgehead atoms. The number of carboxylic acids is 1. The van der Waals surface area contributed by atoms with E-state index in [-0.39, 0.29) is 16.9 Å². The van der Waals surface area contributed by atoms with Crippen molar-refractivity contribution in [2.45, 2.75) is 6.18 Å². The maximum absolute atomic E-state index is 12.9. The molecule has 33 heavy (non-hydrogen) atoms. The number of carboxylic acid groups (broad SMARTS) is 1. The summed E-state index contributed by atoms with van der Waals surface area (Å²) in [6.07, 6.45) is 0.572. The first-order chi connectivity index (χ1) is 15.7. The predicted octanol–water partition coefficient (Wildman–Crippen LogP) is 5.70. The predicted molar refractivity (Wildman–Crippen MR) is 118 cm³/mol. The summed E-state index contributed by atoms with van der Waals surface area (Å²) in [6, 6.07) is 14.3. The Kier molecular flexibility index (Phi) is 5.70. The Balaban J connectivity index is 1.51. The molecule has 0 unspecified atom stereocenters. The fourth-order valence-corrected chi connectivity index (χ4v) is 3.19. The number of carbonyl (C=O) groups excluding carboxylic acids is 1. The minimum absolute atomic E-state index is 0.0399. The van der Waals surface area contributed by atoms with Gasteiger partial charge in [0.25, 0.3) is 5.91 Å². The number of amides is 1. The normalized spacial score (nSPS) is 11.7. The molecule has 0 radical (unpaired) electrons. The summed E-state index contributed by atoms with van der Waals surface area (Å²) >= 11 is 0. The standard InChI is InChI=1S/C24H16F3N3O3/c25-24(26,27)18-5-2-6-19(12-18)29-22(31)16-4-1-3-14(9-16)7-8-15-10-17-11-20(23(32)33)30-21(17)28-13-15/h1-13H,(H,28,30)(H,29,31)(H,32,33). The number of halogens is 3. The molecule has 0 spiro atoms. The highest BCUT2D eigenvalue weighted by molar-refractivity contribution is 6.04. The number of nitrogens with one attached hydrogen (secondary N) is 2. The Morgan fingerprint density at radius 3 is 2.48 bits per heavy atom. The van der Waals surface area contributed by atoms with Gasteiger partial charge in [0.2, 0.25) is 0 Å². The van der Waals surface area contributed by atoms with Crippen molar-refractivity contribution in [1.82, 2.24) is 9.97 Å². The molecule has 3 N–H and O–H groups in total. The Hall–Kier alpha value is -4.40. The number of H-pyrrole nitrogens is 1. The molecule has 2 aromatic heterocycles. The summed E-state index contributed by atoms with van der Waals surface area (Å²) in [5, 5.41) is 12.2. The maximum Gasteiger partial charge on any atom is 0.416 e. The van der Waals surface area contributed by atoms with Crippen molar-refractivity contribution in [2.24, 2.45) is 0 Å². The number of aromatic amines is 1. The number of aromatic nitrogens is 2. The lowest BCUT2D eigenvalue weighted by atomic mass is 10.1. The van der Waals surface area contributed by atoms with Crippen LogP contribution in [0.2, 0.25) is 0 Å². The quantitative estimate of drug-likeness (QED) is 0.363. The molecular weight excluding hydrogens is 435 g/mol. The average molecular weight is 451 g/mol. The molecule has 1 amide bonds. The number of benzene rings is 2. The van der Waals surface area contributed by atoms with Crippen LogP contribution in [0.5, 0.6) is 0 Å². The first kappa shape index (κ1) is 21.8. The van der Waals surface area contributed by atoms with Gasteiger partial charge in [0.1, 0.15) is 11.3 Å². The van der Waals surface area contributed by atoms with Crippen LogP contribution in [0.3, 0.4) is 0 Å². The summed E-state index contributed by atoms with van der Waals surface area (Å²) in [4.78, 5) is 30.5. The van der Waals surface area contributed by atoms with E-state index in [1.807, 2.05) is 0 Å². The lowest BCUT2D eigenvalue weighted by molar-refractivity contribution is -0.137. The minimum Gasteiger partial charge on any atom is -0.477 e. The second kappa shape index (κ2) is 8.62. The van der Waals surface area contributed by atoms with Gasteiger partial charge >= 0.3 is 12.1 Å². The summed E-state index contributed by atoms with van der Waals surface area (Å²) in [7, 11) is 0. The molecule has 0 aliphatic rings. The number of pyridine rings is 1. The van der Waals surface area contributed by atoms with Crippen LogP contribution in [0.15, 0.2) is 66.9 Å². The molecule has 0 atom stereocenters. The monoisotopic (exact) mass is 451 g/mol. The van der Waals surface area contributed by atoms with E-state index < -0.39 is 23.6 Å². The van der Waals surface area contributed by atoms with Crippen molar-refractivity contribution in [3.8, 4) is 0 Å². The van der Waals surface area contributed by atoms with Gasteiger partial charge in [-0.25, -0.2) is 9.78 Å². The Morgan fingerprint density at radius 1 is 0.970 bits per heavy atom. The van der Waals surface area contributed by atoms with Gasteiger partial charge in [-0.2, -0.15) is 13.2 Å². The molecule has 0 aliphatic carbocycles. The van der Waals surface area contributed by atoms with Crippen molar-refractivity contribution < 1.29 is 27.9 Å². The van der Waals surface area contributed by atoms with Crippen molar-refractivity contribution in [3.05, 3.63) is 94.8 Å². The fourth-order valence-electron chi connectivity index (χ4n) is 3.19. The molecule has 2 aromatic carbocycles. The number of hydrogen-bond donors (Lipinski definition) is 3.